The summed E-state index contributed by atoms with van der Waals surface area (Å²) in [5, 5.41) is 20.9. The molecule has 1 saturated carbocycles. The van der Waals surface area contributed by atoms with Gasteiger partial charge in [0, 0.05) is 5.54 Å². The molecule has 0 aromatic rings. The summed E-state index contributed by atoms with van der Waals surface area (Å²) < 4.78 is 0. The maximum Gasteiger partial charge on any atom is 0.0845 e. The number of nitrogens with one attached hydrogen (secondary N) is 1. The third kappa shape index (κ3) is 2.68. The van der Waals surface area contributed by atoms with Crippen LogP contribution in [0.15, 0.2) is 0 Å². The number of aliphatic hydroxyl groups is 1. The fourth-order valence-corrected chi connectivity index (χ4v) is 2.25. The largest absolute Gasteiger partial charge is 0.394 e. The van der Waals surface area contributed by atoms with Gasteiger partial charge in [-0.1, -0.05) is 19.8 Å². The van der Waals surface area contributed by atoms with Crippen molar-refractivity contribution in [3.05, 3.63) is 0 Å². The van der Waals surface area contributed by atoms with Crippen LogP contribution in [0.1, 0.15) is 32.6 Å². The van der Waals surface area contributed by atoms with E-state index in [-0.39, 0.29) is 12.1 Å². The zero-order valence-corrected chi connectivity index (χ0v) is 8.21. The van der Waals surface area contributed by atoms with Gasteiger partial charge in [-0.3, -0.25) is 5.32 Å². The maximum atomic E-state index is 9.31. The molecule has 2 atom stereocenters. The van der Waals surface area contributed by atoms with Crippen LogP contribution in [0.4, 0.5) is 0 Å². The van der Waals surface area contributed by atoms with Crippen molar-refractivity contribution in [2.24, 2.45) is 5.92 Å². The molecular weight excluding hydrogens is 164 g/mol. The first-order valence-electron chi connectivity index (χ1n) is 4.95. The van der Waals surface area contributed by atoms with Gasteiger partial charge >= 0.3 is 0 Å². The Morgan fingerprint density at radius 3 is 3.00 bits per heavy atom. The zero-order valence-electron chi connectivity index (χ0n) is 8.21. The summed E-state index contributed by atoms with van der Waals surface area (Å²) in [5.74, 6) is 0.659. The second-order valence-corrected chi connectivity index (χ2v) is 4.15. The zero-order chi connectivity index (χ0) is 9.73. The minimum atomic E-state index is -0.173. The molecule has 0 spiro atoms. The van der Waals surface area contributed by atoms with E-state index < -0.39 is 0 Å². The average molecular weight is 182 g/mol. The van der Waals surface area contributed by atoms with Crippen LogP contribution in [0.2, 0.25) is 0 Å². The van der Waals surface area contributed by atoms with Crippen LogP contribution in [-0.2, 0) is 0 Å². The summed E-state index contributed by atoms with van der Waals surface area (Å²) in [5.41, 5.74) is -0.173. The molecule has 13 heavy (non-hydrogen) atoms. The monoisotopic (exact) mass is 182 g/mol. The molecule has 0 saturated heterocycles. The van der Waals surface area contributed by atoms with Crippen LogP contribution in [0.25, 0.3) is 0 Å². The molecule has 1 rings (SSSR count). The highest BCUT2D eigenvalue weighted by Crippen LogP contribution is 2.31. The predicted octanol–water partition coefficient (Wildman–Crippen LogP) is 1.04. The molecule has 1 aliphatic rings. The smallest absolute Gasteiger partial charge is 0.0845 e. The molecule has 0 amide bonds. The van der Waals surface area contributed by atoms with Crippen LogP contribution < -0.4 is 5.32 Å². The molecule has 1 fully saturated rings. The number of nitriles is 1. The van der Waals surface area contributed by atoms with Gasteiger partial charge in [-0.15, -0.1) is 0 Å². The van der Waals surface area contributed by atoms with E-state index in [2.05, 4.69) is 18.3 Å². The normalized spacial score (nSPS) is 34.1. The lowest BCUT2D eigenvalue weighted by Gasteiger charge is -2.39. The van der Waals surface area contributed by atoms with Crippen molar-refractivity contribution in [3.8, 4) is 6.07 Å². The number of rotatable bonds is 3. The van der Waals surface area contributed by atoms with Gasteiger partial charge in [-0.2, -0.15) is 5.26 Å². The van der Waals surface area contributed by atoms with E-state index in [1.165, 1.54) is 6.42 Å². The minimum absolute atomic E-state index is 0.152. The summed E-state index contributed by atoms with van der Waals surface area (Å²) in [6, 6.07) is 2.07. The van der Waals surface area contributed by atoms with Crippen molar-refractivity contribution < 1.29 is 5.11 Å². The quantitative estimate of drug-likeness (QED) is 0.641. The fraction of sp³-hybridized carbons (Fsp3) is 0.900. The number of hydrogen-bond acceptors (Lipinski definition) is 3. The molecule has 2 N–H and O–H groups in total. The van der Waals surface area contributed by atoms with E-state index in [0.29, 0.717) is 12.5 Å². The standard InChI is InChI=1S/C10H18N2O/c1-9-3-2-4-10(7-9,8-13)12-6-5-11/h9,12-13H,2-4,6-8H2,1H3. The molecule has 0 aromatic carbocycles. The molecule has 0 heterocycles. The topological polar surface area (TPSA) is 56.0 Å². The summed E-state index contributed by atoms with van der Waals surface area (Å²) in [6.07, 6.45) is 4.39. The molecule has 0 aromatic heterocycles. The fourth-order valence-electron chi connectivity index (χ4n) is 2.25. The van der Waals surface area contributed by atoms with Crippen LogP contribution in [-0.4, -0.2) is 23.8 Å². The molecule has 74 valence electrons. The van der Waals surface area contributed by atoms with Crippen LogP contribution >= 0.6 is 0 Å². The van der Waals surface area contributed by atoms with Gasteiger partial charge < -0.3 is 5.11 Å². The number of nitrogens with zero attached hydrogens (tertiary/aromatic N) is 1. The Bertz CT molecular complexity index is 200. The van der Waals surface area contributed by atoms with Crippen molar-refractivity contribution in [2.75, 3.05) is 13.2 Å². The average Bonchev–Trinajstić information content (AvgIpc) is 2.15. The van der Waals surface area contributed by atoms with Gasteiger partial charge in [0.2, 0.25) is 0 Å². The second-order valence-electron chi connectivity index (χ2n) is 4.15. The highest BCUT2D eigenvalue weighted by atomic mass is 16.3. The third-order valence-corrected chi connectivity index (χ3v) is 2.94. The Morgan fingerprint density at radius 1 is 1.69 bits per heavy atom. The van der Waals surface area contributed by atoms with Crippen LogP contribution in [0.5, 0.6) is 0 Å². The second kappa shape index (κ2) is 4.59. The Labute approximate surface area is 79.8 Å². The summed E-state index contributed by atoms with van der Waals surface area (Å²) in [4.78, 5) is 0. The Hall–Kier alpha value is -0.590. The minimum Gasteiger partial charge on any atom is -0.394 e. The van der Waals surface area contributed by atoms with Gasteiger partial charge in [0.25, 0.3) is 0 Å². The van der Waals surface area contributed by atoms with Crippen molar-refractivity contribution in [2.45, 2.75) is 38.1 Å². The van der Waals surface area contributed by atoms with Crippen molar-refractivity contribution in [3.63, 3.8) is 0 Å². The lowest BCUT2D eigenvalue weighted by molar-refractivity contribution is 0.104. The first kappa shape index (κ1) is 10.5. The van der Waals surface area contributed by atoms with Gasteiger partial charge in [0.05, 0.1) is 19.2 Å². The van der Waals surface area contributed by atoms with Gasteiger partial charge in [0.15, 0.2) is 0 Å². The highest BCUT2D eigenvalue weighted by Gasteiger charge is 2.33. The summed E-state index contributed by atoms with van der Waals surface area (Å²) in [6.45, 7) is 2.70. The van der Waals surface area contributed by atoms with E-state index in [9.17, 15) is 5.11 Å². The van der Waals surface area contributed by atoms with Gasteiger partial charge in [-0.25, -0.2) is 0 Å². The van der Waals surface area contributed by atoms with Crippen molar-refractivity contribution in [1.29, 1.82) is 5.26 Å². The van der Waals surface area contributed by atoms with Crippen molar-refractivity contribution >= 4 is 0 Å². The van der Waals surface area contributed by atoms with E-state index in [0.717, 1.165) is 19.3 Å². The first-order chi connectivity index (χ1) is 6.22. The summed E-state index contributed by atoms with van der Waals surface area (Å²) >= 11 is 0. The van der Waals surface area contributed by atoms with E-state index in [1.807, 2.05) is 0 Å². The highest BCUT2D eigenvalue weighted by molar-refractivity contribution is 4.94. The molecule has 0 aliphatic heterocycles. The Balaban J connectivity index is 2.52. The van der Waals surface area contributed by atoms with Gasteiger partial charge in [-0.05, 0) is 18.8 Å². The lowest BCUT2D eigenvalue weighted by atomic mass is 9.77. The Morgan fingerprint density at radius 2 is 2.46 bits per heavy atom. The van der Waals surface area contributed by atoms with E-state index in [1.54, 1.807) is 0 Å². The lowest BCUT2D eigenvalue weighted by Crippen LogP contribution is -2.51. The number of hydrogen-bond donors (Lipinski definition) is 2. The van der Waals surface area contributed by atoms with Crippen LogP contribution in [0, 0.1) is 17.2 Å². The molecule has 1 aliphatic carbocycles. The molecule has 2 unspecified atom stereocenters. The first-order valence-corrected chi connectivity index (χ1v) is 4.95. The van der Waals surface area contributed by atoms with E-state index >= 15 is 0 Å². The van der Waals surface area contributed by atoms with E-state index in [4.69, 9.17) is 5.26 Å². The third-order valence-electron chi connectivity index (χ3n) is 2.94. The van der Waals surface area contributed by atoms with Crippen LogP contribution in [0.3, 0.4) is 0 Å². The SMILES string of the molecule is CC1CCCC(CO)(NCC#N)C1. The molecule has 0 bridgehead atoms. The summed E-state index contributed by atoms with van der Waals surface area (Å²) in [7, 11) is 0. The van der Waals surface area contributed by atoms with Crippen molar-refractivity contribution in [1.82, 2.24) is 5.32 Å². The Kier molecular flexibility index (Phi) is 3.71. The van der Waals surface area contributed by atoms with Gasteiger partial charge in [0.1, 0.15) is 0 Å². The number of aliphatic hydroxyl groups excluding tert-OH is 1. The maximum absolute atomic E-state index is 9.31. The molecule has 3 heteroatoms. The molecule has 3 nitrogen and oxygen atoms in total. The molecule has 0 radical (unpaired) electrons. The predicted molar refractivity (Wildman–Crippen MR) is 51.1 cm³/mol. The molecular formula is C10H18N2O.